The fourth-order valence-corrected chi connectivity index (χ4v) is 2.65. The summed E-state index contributed by atoms with van der Waals surface area (Å²) in [7, 11) is 1.66. The zero-order valence-electron chi connectivity index (χ0n) is 9.06. The summed E-state index contributed by atoms with van der Waals surface area (Å²) in [4.78, 5) is 7.52. The normalized spacial score (nSPS) is 20.9. The summed E-state index contributed by atoms with van der Waals surface area (Å²) in [6.45, 7) is 1.28. The highest BCUT2D eigenvalue weighted by molar-refractivity contribution is 7.99. The van der Waals surface area contributed by atoms with Gasteiger partial charge in [-0.15, -0.1) is 0 Å². The van der Waals surface area contributed by atoms with Gasteiger partial charge in [-0.2, -0.15) is 11.8 Å². The van der Waals surface area contributed by atoms with E-state index >= 15 is 0 Å². The maximum absolute atomic E-state index is 5.65. The van der Waals surface area contributed by atoms with Crippen molar-refractivity contribution < 1.29 is 9.47 Å². The van der Waals surface area contributed by atoms with Gasteiger partial charge in [0.15, 0.2) is 0 Å². The number of hydrogen-bond acceptors (Lipinski definition) is 5. The molecule has 88 valence electrons. The van der Waals surface area contributed by atoms with Crippen LogP contribution in [0.5, 0.6) is 0 Å². The van der Waals surface area contributed by atoms with Crippen molar-refractivity contribution in [3.05, 3.63) is 22.2 Å². The minimum Gasteiger partial charge on any atom is -0.378 e. The van der Waals surface area contributed by atoms with Gasteiger partial charge in [0.25, 0.3) is 0 Å². The van der Waals surface area contributed by atoms with Crippen molar-refractivity contribution in [3.8, 4) is 0 Å². The summed E-state index contributed by atoms with van der Waals surface area (Å²) in [5.74, 6) is 2.79. The third-order valence-corrected chi connectivity index (χ3v) is 3.44. The third-order valence-electron chi connectivity index (χ3n) is 2.24. The first-order valence-corrected chi connectivity index (χ1v) is 6.64. The molecule has 6 heteroatoms. The van der Waals surface area contributed by atoms with Crippen LogP contribution >= 0.6 is 24.0 Å². The van der Waals surface area contributed by atoms with E-state index in [9.17, 15) is 0 Å². The van der Waals surface area contributed by atoms with Crippen LogP contribution in [0.3, 0.4) is 0 Å². The molecule has 4 nitrogen and oxygen atoms in total. The highest BCUT2D eigenvalue weighted by Crippen LogP contribution is 2.24. The first kappa shape index (κ1) is 12.0. The van der Waals surface area contributed by atoms with E-state index < -0.39 is 0 Å². The molecular formula is C10H14N2O2S2. The molecule has 1 unspecified atom stereocenters. The van der Waals surface area contributed by atoms with Crippen molar-refractivity contribution in [2.75, 3.05) is 25.2 Å². The van der Waals surface area contributed by atoms with Crippen LogP contribution in [0.4, 0.5) is 0 Å². The van der Waals surface area contributed by atoms with Gasteiger partial charge < -0.3 is 14.5 Å². The van der Waals surface area contributed by atoms with E-state index in [-0.39, 0.29) is 6.10 Å². The van der Waals surface area contributed by atoms with Crippen LogP contribution in [0.15, 0.2) is 6.07 Å². The van der Waals surface area contributed by atoms with Gasteiger partial charge in [0, 0.05) is 24.3 Å². The van der Waals surface area contributed by atoms with Crippen molar-refractivity contribution in [1.29, 1.82) is 0 Å². The van der Waals surface area contributed by atoms with Gasteiger partial charge in [0.1, 0.15) is 16.6 Å². The van der Waals surface area contributed by atoms with E-state index in [2.05, 4.69) is 9.97 Å². The number of nitrogens with zero attached hydrogens (tertiary/aromatic N) is 1. The number of ether oxygens (including phenoxy) is 2. The molecule has 1 N–H and O–H groups in total. The number of methoxy groups -OCH3 is 1. The standard InChI is InChI=1S/C10H14N2O2S2/c1-13-5-7-4-9(15)12-10(11-7)8-6-16-3-2-14-8/h4,8H,2-3,5-6H2,1H3,(H,11,12,15). The number of hydrogen-bond donors (Lipinski definition) is 1. The number of aromatic nitrogens is 2. The Kier molecular flexibility index (Phi) is 4.34. The van der Waals surface area contributed by atoms with Crippen molar-refractivity contribution in [1.82, 2.24) is 9.97 Å². The average molecular weight is 258 g/mol. The molecule has 1 fully saturated rings. The fraction of sp³-hybridized carbons (Fsp3) is 0.600. The molecule has 0 aromatic carbocycles. The van der Waals surface area contributed by atoms with Gasteiger partial charge in [-0.3, -0.25) is 0 Å². The Bertz CT molecular complexity index is 402. The number of thioether (sulfide) groups is 1. The molecule has 0 radical (unpaired) electrons. The van der Waals surface area contributed by atoms with Crippen LogP contribution in [0.25, 0.3) is 0 Å². The molecule has 0 amide bonds. The lowest BCUT2D eigenvalue weighted by molar-refractivity contribution is 0.0687. The molecule has 0 saturated carbocycles. The largest absolute Gasteiger partial charge is 0.378 e. The van der Waals surface area contributed by atoms with Crippen molar-refractivity contribution in [2.45, 2.75) is 12.7 Å². The Balaban J connectivity index is 2.21. The maximum atomic E-state index is 5.65. The lowest BCUT2D eigenvalue weighted by Gasteiger charge is -2.21. The summed E-state index contributed by atoms with van der Waals surface area (Å²) >= 11 is 6.99. The molecule has 1 aliphatic heterocycles. The van der Waals surface area contributed by atoms with E-state index in [1.165, 1.54) is 0 Å². The Labute approximate surface area is 104 Å². The highest BCUT2D eigenvalue weighted by Gasteiger charge is 2.18. The number of H-pyrrole nitrogens is 1. The molecule has 16 heavy (non-hydrogen) atoms. The van der Waals surface area contributed by atoms with Gasteiger partial charge in [0.2, 0.25) is 0 Å². The average Bonchev–Trinajstić information content (AvgIpc) is 2.30. The predicted octanol–water partition coefficient (Wildman–Crippen LogP) is 2.09. The summed E-state index contributed by atoms with van der Waals surface area (Å²) in [6, 6.07) is 1.82. The van der Waals surface area contributed by atoms with E-state index in [1.54, 1.807) is 7.11 Å². The Morgan fingerprint density at radius 2 is 2.62 bits per heavy atom. The molecule has 0 aliphatic carbocycles. The molecular weight excluding hydrogens is 244 g/mol. The Hall–Kier alpha value is -0.430. The zero-order valence-corrected chi connectivity index (χ0v) is 10.7. The first-order valence-electron chi connectivity index (χ1n) is 5.08. The molecule has 0 bridgehead atoms. The lowest BCUT2D eigenvalue weighted by Crippen LogP contribution is -2.18. The minimum atomic E-state index is 0.0252. The molecule has 1 aliphatic rings. The second kappa shape index (κ2) is 5.77. The van der Waals surface area contributed by atoms with Crippen molar-refractivity contribution in [3.63, 3.8) is 0 Å². The second-order valence-corrected chi connectivity index (χ2v) is 5.07. The summed E-state index contributed by atoms with van der Waals surface area (Å²) in [6.07, 6.45) is 0.0252. The summed E-state index contributed by atoms with van der Waals surface area (Å²) in [5, 5.41) is 0. The van der Waals surface area contributed by atoms with Crippen molar-refractivity contribution in [2.24, 2.45) is 0 Å². The monoisotopic (exact) mass is 258 g/mol. The van der Waals surface area contributed by atoms with E-state index in [0.717, 1.165) is 29.6 Å². The van der Waals surface area contributed by atoms with Crippen LogP contribution in [0.2, 0.25) is 0 Å². The quantitative estimate of drug-likeness (QED) is 0.841. The van der Waals surface area contributed by atoms with Gasteiger partial charge in [-0.1, -0.05) is 12.2 Å². The van der Waals surface area contributed by atoms with Crippen LogP contribution in [-0.2, 0) is 16.1 Å². The van der Waals surface area contributed by atoms with E-state index in [4.69, 9.17) is 21.7 Å². The fourth-order valence-electron chi connectivity index (χ4n) is 1.56. The van der Waals surface area contributed by atoms with Gasteiger partial charge >= 0.3 is 0 Å². The van der Waals surface area contributed by atoms with E-state index in [1.807, 2.05) is 17.8 Å². The topological polar surface area (TPSA) is 47.1 Å². The Morgan fingerprint density at radius 1 is 1.75 bits per heavy atom. The molecule has 1 saturated heterocycles. The second-order valence-electron chi connectivity index (χ2n) is 3.50. The number of nitrogens with one attached hydrogen (secondary N) is 1. The molecule has 1 atom stereocenters. The van der Waals surface area contributed by atoms with Crippen LogP contribution in [0, 0.1) is 4.64 Å². The highest BCUT2D eigenvalue weighted by atomic mass is 32.2. The third kappa shape index (κ3) is 3.04. The van der Waals surface area contributed by atoms with Crippen molar-refractivity contribution >= 4 is 24.0 Å². The van der Waals surface area contributed by atoms with Gasteiger partial charge in [-0.05, 0) is 6.07 Å². The van der Waals surface area contributed by atoms with Crippen LogP contribution < -0.4 is 0 Å². The molecule has 2 heterocycles. The summed E-state index contributed by atoms with van der Waals surface area (Å²) in [5.41, 5.74) is 0.941. The molecule has 0 spiro atoms. The number of rotatable bonds is 3. The lowest BCUT2D eigenvalue weighted by atomic mass is 10.3. The summed E-state index contributed by atoms with van der Waals surface area (Å²) < 4.78 is 11.3. The Morgan fingerprint density at radius 3 is 3.31 bits per heavy atom. The van der Waals surface area contributed by atoms with Gasteiger partial charge in [-0.25, -0.2) is 4.98 Å². The zero-order chi connectivity index (χ0) is 11.4. The van der Waals surface area contributed by atoms with E-state index in [0.29, 0.717) is 11.2 Å². The number of aromatic amines is 1. The first-order chi connectivity index (χ1) is 7.79. The molecule has 2 rings (SSSR count). The van der Waals surface area contributed by atoms with Crippen LogP contribution in [0.1, 0.15) is 17.6 Å². The minimum absolute atomic E-state index is 0.0252. The van der Waals surface area contributed by atoms with Crippen LogP contribution in [-0.4, -0.2) is 35.2 Å². The SMILES string of the molecule is COCc1cc(=S)nc(C2CSCCO2)[nH]1. The van der Waals surface area contributed by atoms with Gasteiger partial charge in [0.05, 0.1) is 13.2 Å². The molecule has 1 aromatic heterocycles. The smallest absolute Gasteiger partial charge is 0.138 e. The predicted molar refractivity (Wildman–Crippen MR) is 66.2 cm³/mol. The maximum Gasteiger partial charge on any atom is 0.138 e. The molecule has 1 aromatic rings.